The van der Waals surface area contributed by atoms with E-state index in [-0.39, 0.29) is 0 Å². The first-order valence-corrected chi connectivity index (χ1v) is 7.59. The van der Waals surface area contributed by atoms with E-state index in [4.69, 9.17) is 0 Å². The van der Waals surface area contributed by atoms with Crippen LogP contribution < -0.4 is 4.72 Å². The molecule has 0 aromatic carbocycles. The minimum atomic E-state index is -3.08. The van der Waals surface area contributed by atoms with E-state index in [1.807, 2.05) is 6.07 Å². The fourth-order valence-electron chi connectivity index (χ4n) is 1.12. The van der Waals surface area contributed by atoms with E-state index in [1.165, 1.54) is 16.3 Å². The molecule has 0 aliphatic heterocycles. The first kappa shape index (κ1) is 10.1. The lowest BCUT2D eigenvalue weighted by Gasteiger charge is -1.97. The van der Waals surface area contributed by atoms with Crippen molar-refractivity contribution >= 4 is 42.8 Å². The highest BCUT2D eigenvalue weighted by molar-refractivity contribution is 7.88. The second-order valence-electron chi connectivity index (χ2n) is 3.00. The molecule has 0 radical (unpaired) electrons. The van der Waals surface area contributed by atoms with Crippen LogP contribution in [0.1, 0.15) is 4.88 Å². The van der Waals surface area contributed by atoms with Gasteiger partial charge in [0.1, 0.15) is 0 Å². The summed E-state index contributed by atoms with van der Waals surface area (Å²) in [5.74, 6) is 0. The Bertz CT molecular complexity index is 509. The number of nitrogens with one attached hydrogen (secondary N) is 1. The predicted molar refractivity (Wildman–Crippen MR) is 61.4 cm³/mol. The number of hydrogen-bond acceptors (Lipinski definition) is 4. The largest absolute Gasteiger partial charge is 0.213 e. The minimum absolute atomic E-state index is 0.392. The predicted octanol–water partition coefficient (Wildman–Crippen LogP) is 2.01. The summed E-state index contributed by atoms with van der Waals surface area (Å²) in [4.78, 5) is 1.05. The van der Waals surface area contributed by atoms with Gasteiger partial charge in [-0.2, -0.15) is 11.3 Å². The Morgan fingerprint density at radius 1 is 1.43 bits per heavy atom. The SMILES string of the molecule is CS(=O)(=O)NCc1cc2cscc2s1. The van der Waals surface area contributed by atoms with Gasteiger partial charge in [-0.05, 0) is 11.4 Å². The van der Waals surface area contributed by atoms with Crippen molar-refractivity contribution in [3.8, 4) is 0 Å². The van der Waals surface area contributed by atoms with Gasteiger partial charge < -0.3 is 0 Å². The van der Waals surface area contributed by atoms with E-state index in [0.717, 1.165) is 4.88 Å². The van der Waals surface area contributed by atoms with Gasteiger partial charge in [0.15, 0.2) is 0 Å². The monoisotopic (exact) mass is 247 g/mol. The standard InChI is InChI=1S/C8H9NO2S3/c1-14(10,11)9-3-7-2-6-4-12-5-8(6)13-7/h2,4-5,9H,3H2,1H3. The number of fused-ring (bicyclic) bond motifs is 1. The van der Waals surface area contributed by atoms with Crippen LogP contribution in [0.3, 0.4) is 0 Å². The van der Waals surface area contributed by atoms with E-state index in [2.05, 4.69) is 15.5 Å². The zero-order valence-electron chi connectivity index (χ0n) is 7.48. The van der Waals surface area contributed by atoms with Crippen LogP contribution in [0.2, 0.25) is 0 Å². The topological polar surface area (TPSA) is 46.2 Å². The van der Waals surface area contributed by atoms with Crippen LogP contribution in [0.15, 0.2) is 16.8 Å². The van der Waals surface area contributed by atoms with Crippen LogP contribution >= 0.6 is 22.7 Å². The molecular weight excluding hydrogens is 238 g/mol. The van der Waals surface area contributed by atoms with E-state index >= 15 is 0 Å². The molecule has 6 heteroatoms. The smallest absolute Gasteiger partial charge is 0.209 e. The maximum Gasteiger partial charge on any atom is 0.209 e. The molecule has 0 fully saturated rings. The molecule has 2 heterocycles. The second kappa shape index (κ2) is 3.62. The Kier molecular flexibility index (Phi) is 2.61. The quantitative estimate of drug-likeness (QED) is 0.902. The third-order valence-electron chi connectivity index (χ3n) is 1.72. The van der Waals surface area contributed by atoms with Crippen LogP contribution in [-0.4, -0.2) is 14.7 Å². The lowest BCUT2D eigenvalue weighted by molar-refractivity contribution is 0.588. The molecule has 0 amide bonds. The molecule has 2 rings (SSSR count). The second-order valence-corrected chi connectivity index (χ2v) is 6.74. The highest BCUT2D eigenvalue weighted by Crippen LogP contribution is 2.28. The van der Waals surface area contributed by atoms with E-state index < -0.39 is 10.0 Å². The summed E-state index contributed by atoms with van der Waals surface area (Å²) in [7, 11) is -3.08. The summed E-state index contributed by atoms with van der Waals surface area (Å²) in [6.07, 6.45) is 1.17. The Morgan fingerprint density at radius 2 is 2.21 bits per heavy atom. The molecule has 0 saturated heterocycles. The van der Waals surface area contributed by atoms with Crippen LogP contribution in [0.4, 0.5) is 0 Å². The third kappa shape index (κ3) is 2.33. The average Bonchev–Trinajstić information content (AvgIpc) is 2.56. The van der Waals surface area contributed by atoms with Crippen molar-refractivity contribution in [2.24, 2.45) is 0 Å². The Labute approximate surface area is 90.4 Å². The van der Waals surface area contributed by atoms with Crippen molar-refractivity contribution in [1.29, 1.82) is 0 Å². The van der Waals surface area contributed by atoms with Gasteiger partial charge in [-0.1, -0.05) is 0 Å². The molecule has 3 nitrogen and oxygen atoms in total. The van der Waals surface area contributed by atoms with Gasteiger partial charge in [0.25, 0.3) is 0 Å². The summed E-state index contributed by atoms with van der Waals surface area (Å²) in [5, 5.41) is 5.34. The van der Waals surface area contributed by atoms with Crippen molar-refractivity contribution in [2.45, 2.75) is 6.54 Å². The van der Waals surface area contributed by atoms with Crippen LogP contribution in [0.5, 0.6) is 0 Å². The normalized spacial score (nSPS) is 12.4. The summed E-state index contributed by atoms with van der Waals surface area (Å²) in [6.45, 7) is 0.392. The average molecular weight is 247 g/mol. The zero-order chi connectivity index (χ0) is 10.2. The lowest BCUT2D eigenvalue weighted by atomic mass is 10.4. The molecule has 0 saturated carbocycles. The van der Waals surface area contributed by atoms with E-state index in [1.54, 1.807) is 22.7 Å². The molecule has 14 heavy (non-hydrogen) atoms. The van der Waals surface area contributed by atoms with Crippen molar-refractivity contribution in [1.82, 2.24) is 4.72 Å². The Morgan fingerprint density at radius 3 is 2.86 bits per heavy atom. The molecule has 1 N–H and O–H groups in total. The summed E-state index contributed by atoms with van der Waals surface area (Å²) >= 11 is 3.29. The Hall–Kier alpha value is -0.430. The molecule has 0 spiro atoms. The molecule has 0 aliphatic rings. The zero-order valence-corrected chi connectivity index (χ0v) is 9.93. The lowest BCUT2D eigenvalue weighted by Crippen LogP contribution is -2.20. The number of hydrogen-bond donors (Lipinski definition) is 1. The van der Waals surface area contributed by atoms with Crippen molar-refractivity contribution < 1.29 is 8.42 Å². The van der Waals surface area contributed by atoms with Crippen LogP contribution in [0, 0.1) is 0 Å². The van der Waals surface area contributed by atoms with Gasteiger partial charge in [0.05, 0.1) is 6.26 Å². The third-order valence-corrected chi connectivity index (χ3v) is 4.40. The van der Waals surface area contributed by atoms with Gasteiger partial charge in [-0.3, -0.25) is 0 Å². The van der Waals surface area contributed by atoms with Crippen molar-refractivity contribution in [3.05, 3.63) is 21.7 Å². The first-order chi connectivity index (χ1) is 6.54. The van der Waals surface area contributed by atoms with Gasteiger partial charge >= 0.3 is 0 Å². The maximum atomic E-state index is 10.9. The number of thiophene rings is 2. The molecule has 76 valence electrons. The Balaban J connectivity index is 2.16. The highest BCUT2D eigenvalue weighted by Gasteiger charge is 2.05. The van der Waals surface area contributed by atoms with Crippen LogP contribution in [0.25, 0.3) is 10.1 Å². The number of sulfonamides is 1. The van der Waals surface area contributed by atoms with Gasteiger partial charge in [0, 0.05) is 26.9 Å². The highest BCUT2D eigenvalue weighted by atomic mass is 32.2. The molecular formula is C8H9NO2S3. The van der Waals surface area contributed by atoms with Crippen LogP contribution in [-0.2, 0) is 16.6 Å². The van der Waals surface area contributed by atoms with Gasteiger partial charge in [-0.15, -0.1) is 11.3 Å². The summed E-state index contributed by atoms with van der Waals surface area (Å²) in [6, 6.07) is 2.02. The minimum Gasteiger partial charge on any atom is -0.213 e. The molecule has 2 aromatic rings. The molecule has 2 aromatic heterocycles. The maximum absolute atomic E-state index is 10.9. The van der Waals surface area contributed by atoms with Crippen molar-refractivity contribution in [3.63, 3.8) is 0 Å². The molecule has 0 aliphatic carbocycles. The fourth-order valence-corrected chi connectivity index (χ4v) is 3.58. The van der Waals surface area contributed by atoms with Gasteiger partial charge in [0.2, 0.25) is 10.0 Å². The summed E-state index contributed by atoms with van der Waals surface area (Å²) in [5.41, 5.74) is 0. The van der Waals surface area contributed by atoms with E-state index in [9.17, 15) is 8.42 Å². The van der Waals surface area contributed by atoms with Gasteiger partial charge in [-0.25, -0.2) is 13.1 Å². The fraction of sp³-hybridized carbons (Fsp3) is 0.250. The number of rotatable bonds is 3. The van der Waals surface area contributed by atoms with E-state index in [0.29, 0.717) is 6.54 Å². The summed E-state index contributed by atoms with van der Waals surface area (Å²) < 4.78 is 25.4. The first-order valence-electron chi connectivity index (χ1n) is 3.94. The molecule has 0 bridgehead atoms. The molecule has 0 unspecified atom stereocenters. The molecule has 0 atom stereocenters. The van der Waals surface area contributed by atoms with Crippen molar-refractivity contribution in [2.75, 3.05) is 6.26 Å².